The summed E-state index contributed by atoms with van der Waals surface area (Å²) >= 11 is 0. The van der Waals surface area contributed by atoms with E-state index in [9.17, 15) is 0 Å². The highest BCUT2D eigenvalue weighted by Crippen LogP contribution is 2.40. The Morgan fingerprint density at radius 1 is 0.396 bits per heavy atom. The lowest BCUT2D eigenvalue weighted by Gasteiger charge is -2.28. The van der Waals surface area contributed by atoms with E-state index in [0.717, 1.165) is 34.1 Å². The van der Waals surface area contributed by atoms with Crippen molar-refractivity contribution in [3.63, 3.8) is 0 Å². The average molecular weight is 647 g/mol. The molecule has 0 aliphatic carbocycles. The van der Waals surface area contributed by atoms with Crippen molar-refractivity contribution in [3.05, 3.63) is 161 Å². The van der Waals surface area contributed by atoms with Gasteiger partial charge in [-0.05, 0) is 148 Å². The highest BCUT2D eigenvalue weighted by atomic mass is 28.4. The van der Waals surface area contributed by atoms with E-state index in [-0.39, 0.29) is 0 Å². The van der Waals surface area contributed by atoms with Gasteiger partial charge in [0.15, 0.2) is 0 Å². The second kappa shape index (κ2) is 13.7. The van der Waals surface area contributed by atoms with Gasteiger partial charge >= 0.3 is 0 Å². The van der Waals surface area contributed by atoms with Crippen molar-refractivity contribution in [2.45, 2.75) is 47.7 Å². The molecule has 6 aromatic rings. The summed E-state index contributed by atoms with van der Waals surface area (Å²) in [6.07, 6.45) is 0. The van der Waals surface area contributed by atoms with Gasteiger partial charge < -0.3 is 14.2 Å². The summed E-state index contributed by atoms with van der Waals surface area (Å²) in [7, 11) is -0.0909. The largest absolute Gasteiger partial charge is 0.416 e. The lowest BCUT2D eigenvalue weighted by Crippen LogP contribution is -2.43. The van der Waals surface area contributed by atoms with Crippen LogP contribution in [0.15, 0.2) is 133 Å². The van der Waals surface area contributed by atoms with Gasteiger partial charge in [0.2, 0.25) is 8.32 Å². The van der Waals surface area contributed by atoms with Crippen molar-refractivity contribution in [2.24, 2.45) is 0 Å². The topological polar surface area (TPSA) is 15.7 Å². The number of hydrogen-bond acceptors (Lipinski definition) is 3. The van der Waals surface area contributed by atoms with Gasteiger partial charge in [0.1, 0.15) is 0 Å². The second-order valence-corrected chi connectivity index (χ2v) is 17.4. The average Bonchev–Trinajstić information content (AvgIpc) is 3.08. The number of aryl methyl sites for hydroxylation is 5. The van der Waals surface area contributed by atoms with Crippen LogP contribution in [0, 0.1) is 34.6 Å². The van der Waals surface area contributed by atoms with Crippen LogP contribution in [0.4, 0.5) is 34.1 Å². The van der Waals surface area contributed by atoms with Crippen LogP contribution in [0.1, 0.15) is 27.8 Å². The summed E-state index contributed by atoms with van der Waals surface area (Å²) in [6.45, 7) is 15.3. The number of rotatable bonds is 9. The van der Waals surface area contributed by atoms with E-state index in [1.165, 1.54) is 44.1 Å². The van der Waals surface area contributed by atoms with Crippen LogP contribution in [0.2, 0.25) is 13.1 Å². The Morgan fingerprint density at radius 2 is 0.688 bits per heavy atom. The summed E-state index contributed by atoms with van der Waals surface area (Å²) in [5.41, 5.74) is 15.6. The van der Waals surface area contributed by atoms with Crippen molar-refractivity contribution in [1.82, 2.24) is 0 Å². The lowest BCUT2D eigenvalue weighted by molar-refractivity contribution is 0.416. The van der Waals surface area contributed by atoms with E-state index in [1.54, 1.807) is 0 Å². The summed E-state index contributed by atoms with van der Waals surface area (Å²) in [4.78, 5) is 4.69. The molecule has 6 rings (SSSR count). The van der Waals surface area contributed by atoms with Gasteiger partial charge in [-0.3, -0.25) is 0 Å². The molecule has 0 aliphatic heterocycles. The predicted octanol–water partition coefficient (Wildman–Crippen LogP) is 11.9. The molecular weight excluding hydrogens is 601 g/mol. The Kier molecular flexibility index (Phi) is 9.41. The molecule has 0 aromatic heterocycles. The van der Waals surface area contributed by atoms with Crippen LogP contribution in [0.25, 0.3) is 11.1 Å². The van der Waals surface area contributed by atoms with Gasteiger partial charge in [0.05, 0.1) is 0 Å². The molecule has 0 spiro atoms. The molecule has 0 bridgehead atoms. The van der Waals surface area contributed by atoms with E-state index in [0.29, 0.717) is 0 Å². The van der Waals surface area contributed by atoms with Crippen molar-refractivity contribution in [1.29, 1.82) is 0 Å². The van der Waals surface area contributed by atoms with Crippen LogP contribution in [-0.2, 0) is 4.43 Å². The SMILES string of the molecule is CO[Si](C)(C)c1ccc(N(c2ccc(C)cc2)c2ccc(-c3ccc(N(c4ccc(C)cc4)c4ccc(C)cc4)cc3C)c(C)c2)cc1. The molecule has 0 N–H and O–H groups in total. The molecule has 0 atom stereocenters. The van der Waals surface area contributed by atoms with Gasteiger partial charge in [-0.15, -0.1) is 0 Å². The summed E-state index contributed by atoms with van der Waals surface area (Å²) < 4.78 is 5.88. The van der Waals surface area contributed by atoms with E-state index < -0.39 is 8.32 Å². The first-order valence-electron chi connectivity index (χ1n) is 16.7. The standard InChI is InChI=1S/C44H46N2OSi/c1-31-9-15-36(16-10-31)45(37-17-11-32(2)12-18-37)40-23-27-43(34(4)29-40)44-28-24-41(30-35(44)5)46(38-19-13-33(3)14-20-38)39-21-25-42(26-22-39)48(7,8)47-6/h9-30H,1-8H3. The molecule has 0 saturated carbocycles. The summed E-state index contributed by atoms with van der Waals surface area (Å²) in [5, 5.41) is 1.28. The normalized spacial score (nSPS) is 11.4. The maximum atomic E-state index is 5.88. The zero-order valence-corrected chi connectivity index (χ0v) is 30.5. The Hall–Kier alpha value is -4.90. The van der Waals surface area contributed by atoms with E-state index in [4.69, 9.17) is 4.43 Å². The molecule has 0 radical (unpaired) electrons. The molecule has 0 saturated heterocycles. The lowest BCUT2D eigenvalue weighted by atomic mass is 9.95. The molecule has 6 aromatic carbocycles. The molecule has 0 amide bonds. The van der Waals surface area contributed by atoms with E-state index in [1.807, 2.05) is 7.11 Å². The molecule has 48 heavy (non-hydrogen) atoms. The maximum Gasteiger partial charge on any atom is 0.217 e. The Bertz CT molecular complexity index is 1970. The minimum absolute atomic E-state index is 1.13. The van der Waals surface area contributed by atoms with E-state index in [2.05, 4.69) is 191 Å². The third kappa shape index (κ3) is 6.87. The van der Waals surface area contributed by atoms with Gasteiger partial charge in [-0.25, -0.2) is 0 Å². The molecule has 0 fully saturated rings. The van der Waals surface area contributed by atoms with Crippen LogP contribution < -0.4 is 15.0 Å². The van der Waals surface area contributed by atoms with Crippen molar-refractivity contribution < 1.29 is 4.43 Å². The zero-order valence-electron chi connectivity index (χ0n) is 29.5. The van der Waals surface area contributed by atoms with Gasteiger partial charge in [-0.1, -0.05) is 77.4 Å². The second-order valence-electron chi connectivity index (χ2n) is 13.4. The van der Waals surface area contributed by atoms with Crippen LogP contribution in [0.5, 0.6) is 0 Å². The first kappa shape index (κ1) is 33.0. The molecular formula is C44H46N2OSi. The molecule has 242 valence electrons. The fourth-order valence-corrected chi connectivity index (χ4v) is 7.49. The third-order valence-electron chi connectivity index (χ3n) is 9.43. The number of nitrogens with zero attached hydrogens (tertiary/aromatic N) is 2. The smallest absolute Gasteiger partial charge is 0.217 e. The van der Waals surface area contributed by atoms with Crippen LogP contribution in [-0.4, -0.2) is 15.4 Å². The highest BCUT2D eigenvalue weighted by molar-refractivity contribution is 6.84. The van der Waals surface area contributed by atoms with Crippen molar-refractivity contribution in [3.8, 4) is 11.1 Å². The highest BCUT2D eigenvalue weighted by Gasteiger charge is 2.24. The minimum atomic E-state index is -1.91. The Balaban J connectivity index is 1.37. The fourth-order valence-electron chi connectivity index (χ4n) is 6.28. The summed E-state index contributed by atoms with van der Waals surface area (Å²) in [5.74, 6) is 0. The zero-order chi connectivity index (χ0) is 34.0. The predicted molar refractivity (Wildman–Crippen MR) is 209 cm³/mol. The number of hydrogen-bond donors (Lipinski definition) is 0. The molecule has 0 aliphatic rings. The maximum absolute atomic E-state index is 5.88. The number of benzene rings is 6. The Labute approximate surface area is 288 Å². The van der Waals surface area contributed by atoms with Gasteiger partial charge in [0, 0.05) is 41.2 Å². The third-order valence-corrected chi connectivity index (χ3v) is 12.2. The Morgan fingerprint density at radius 3 is 0.979 bits per heavy atom. The first-order chi connectivity index (χ1) is 23.0. The quantitative estimate of drug-likeness (QED) is 0.145. The molecule has 3 nitrogen and oxygen atoms in total. The summed E-state index contributed by atoms with van der Waals surface area (Å²) in [6, 6.07) is 48.9. The fraction of sp³-hybridized carbons (Fsp3) is 0.182. The van der Waals surface area contributed by atoms with Crippen LogP contribution in [0.3, 0.4) is 0 Å². The molecule has 0 unspecified atom stereocenters. The van der Waals surface area contributed by atoms with Crippen molar-refractivity contribution >= 4 is 47.6 Å². The molecule has 0 heterocycles. The van der Waals surface area contributed by atoms with E-state index >= 15 is 0 Å². The number of anilines is 6. The minimum Gasteiger partial charge on any atom is -0.416 e. The van der Waals surface area contributed by atoms with Gasteiger partial charge in [0.25, 0.3) is 0 Å². The monoisotopic (exact) mass is 646 g/mol. The molecule has 4 heteroatoms. The van der Waals surface area contributed by atoms with Crippen molar-refractivity contribution in [2.75, 3.05) is 16.9 Å². The van der Waals surface area contributed by atoms with Crippen LogP contribution >= 0.6 is 0 Å². The van der Waals surface area contributed by atoms with Gasteiger partial charge in [-0.2, -0.15) is 0 Å². The first-order valence-corrected chi connectivity index (χ1v) is 19.6.